The molecule has 1 aliphatic rings. The molecule has 0 atom stereocenters. The van der Waals surface area contributed by atoms with Crippen LogP contribution in [0, 0.1) is 0 Å². The maximum absolute atomic E-state index is 12.3. The summed E-state index contributed by atoms with van der Waals surface area (Å²) in [5, 5.41) is 3.20. The fourth-order valence-electron chi connectivity index (χ4n) is 2.02. The molecule has 0 fully saturated rings. The molecule has 1 heterocycles. The van der Waals surface area contributed by atoms with Crippen molar-refractivity contribution in [1.82, 2.24) is 10.0 Å². The van der Waals surface area contributed by atoms with E-state index in [4.69, 9.17) is 4.74 Å². The van der Waals surface area contributed by atoms with Gasteiger partial charge in [0.1, 0.15) is 5.75 Å². The Labute approximate surface area is 133 Å². The molecule has 1 aliphatic heterocycles. The van der Waals surface area contributed by atoms with Crippen molar-refractivity contribution >= 4 is 26.0 Å². The number of ether oxygens (including phenoxy) is 1. The van der Waals surface area contributed by atoms with E-state index in [1.165, 1.54) is 0 Å². The Kier molecular flexibility index (Phi) is 5.80. The van der Waals surface area contributed by atoms with Gasteiger partial charge >= 0.3 is 0 Å². The molecule has 0 spiro atoms. The minimum atomic E-state index is -3.51. The number of sulfonamides is 1. The zero-order valence-corrected chi connectivity index (χ0v) is 14.3. The first-order valence-electron chi connectivity index (χ1n) is 6.83. The van der Waals surface area contributed by atoms with E-state index in [1.54, 1.807) is 18.2 Å². The number of hydrogen-bond acceptors (Lipinski definition) is 4. The molecule has 7 heteroatoms. The monoisotopic (exact) mass is 374 g/mol. The van der Waals surface area contributed by atoms with Crippen LogP contribution in [-0.4, -0.2) is 34.7 Å². The topological polar surface area (TPSA) is 67.4 Å². The largest absolute Gasteiger partial charge is 0.493 e. The third-order valence-electron chi connectivity index (χ3n) is 3.16. The number of benzene rings is 1. The van der Waals surface area contributed by atoms with Crippen LogP contribution in [0.3, 0.4) is 0 Å². The molecular weight excluding hydrogens is 356 g/mol. The lowest BCUT2D eigenvalue weighted by atomic mass is 10.1. The van der Waals surface area contributed by atoms with Crippen LogP contribution in [-0.2, 0) is 10.0 Å². The van der Waals surface area contributed by atoms with Gasteiger partial charge in [-0.25, -0.2) is 13.1 Å². The summed E-state index contributed by atoms with van der Waals surface area (Å²) in [7, 11) is -3.51. The van der Waals surface area contributed by atoms with Crippen LogP contribution < -0.4 is 14.8 Å². The second kappa shape index (κ2) is 7.40. The maximum atomic E-state index is 12.3. The van der Waals surface area contributed by atoms with E-state index < -0.39 is 10.0 Å². The molecule has 1 aromatic carbocycles. The Morgan fingerprint density at radius 1 is 1.43 bits per heavy atom. The molecule has 0 saturated carbocycles. The SMILES string of the molecule is CCOc1ccc(S(=O)(=O)NCC2=CCNCC2)cc1Br. The molecular formula is C14H19BrN2O3S. The average Bonchev–Trinajstić information content (AvgIpc) is 2.48. The quantitative estimate of drug-likeness (QED) is 0.747. The lowest BCUT2D eigenvalue weighted by Crippen LogP contribution is -2.29. The first kappa shape index (κ1) is 16.5. The van der Waals surface area contributed by atoms with Crippen LogP contribution >= 0.6 is 15.9 Å². The highest BCUT2D eigenvalue weighted by Gasteiger charge is 2.16. The molecule has 21 heavy (non-hydrogen) atoms. The van der Waals surface area contributed by atoms with Crippen molar-refractivity contribution in [2.75, 3.05) is 26.2 Å². The molecule has 5 nitrogen and oxygen atoms in total. The Hall–Kier alpha value is -0.890. The number of hydrogen-bond donors (Lipinski definition) is 2. The van der Waals surface area contributed by atoms with Crippen LogP contribution in [0.15, 0.2) is 39.2 Å². The van der Waals surface area contributed by atoms with E-state index in [-0.39, 0.29) is 4.90 Å². The maximum Gasteiger partial charge on any atom is 0.240 e. The standard InChI is InChI=1S/C14H19BrN2O3S/c1-2-20-14-4-3-12(9-13(14)15)21(18,19)17-10-11-5-7-16-8-6-11/h3-5,9,16-17H,2,6-8,10H2,1H3. The van der Waals surface area contributed by atoms with Gasteiger partial charge in [0.15, 0.2) is 0 Å². The summed E-state index contributed by atoms with van der Waals surface area (Å²) in [5.74, 6) is 0.637. The van der Waals surface area contributed by atoms with Gasteiger partial charge in [0, 0.05) is 13.1 Å². The molecule has 0 amide bonds. The van der Waals surface area contributed by atoms with Crippen molar-refractivity contribution in [2.45, 2.75) is 18.2 Å². The molecule has 116 valence electrons. The fraction of sp³-hybridized carbons (Fsp3) is 0.429. The summed E-state index contributed by atoms with van der Waals surface area (Å²) < 4.78 is 33.2. The molecule has 0 unspecified atom stereocenters. The third kappa shape index (κ3) is 4.54. The molecule has 0 aliphatic carbocycles. The zero-order chi connectivity index (χ0) is 15.3. The average molecular weight is 375 g/mol. The number of rotatable bonds is 6. The van der Waals surface area contributed by atoms with Crippen molar-refractivity contribution in [3.63, 3.8) is 0 Å². The van der Waals surface area contributed by atoms with Crippen molar-refractivity contribution in [2.24, 2.45) is 0 Å². The predicted molar refractivity (Wildman–Crippen MR) is 86.1 cm³/mol. The Morgan fingerprint density at radius 2 is 2.24 bits per heavy atom. The van der Waals surface area contributed by atoms with Gasteiger partial charge in [0.2, 0.25) is 10.0 Å². The number of halogens is 1. The van der Waals surface area contributed by atoms with Crippen LogP contribution in [0.5, 0.6) is 5.75 Å². The minimum Gasteiger partial charge on any atom is -0.493 e. The second-order valence-corrected chi connectivity index (χ2v) is 7.29. The van der Waals surface area contributed by atoms with Gasteiger partial charge in [0.05, 0.1) is 16.0 Å². The van der Waals surface area contributed by atoms with Crippen molar-refractivity contribution in [3.05, 3.63) is 34.3 Å². The summed E-state index contributed by atoms with van der Waals surface area (Å²) >= 11 is 3.33. The Balaban J connectivity index is 2.08. The Bertz CT molecular complexity index is 629. The van der Waals surface area contributed by atoms with Crippen LogP contribution in [0.2, 0.25) is 0 Å². The highest BCUT2D eigenvalue weighted by molar-refractivity contribution is 9.10. The van der Waals surface area contributed by atoms with Crippen molar-refractivity contribution in [3.8, 4) is 5.75 Å². The fourth-order valence-corrected chi connectivity index (χ4v) is 3.73. The van der Waals surface area contributed by atoms with Crippen molar-refractivity contribution in [1.29, 1.82) is 0 Å². The highest BCUT2D eigenvalue weighted by atomic mass is 79.9. The second-order valence-electron chi connectivity index (χ2n) is 4.67. The van der Waals surface area contributed by atoms with E-state index in [0.717, 1.165) is 25.1 Å². The summed E-state index contributed by atoms with van der Waals surface area (Å²) in [6.07, 6.45) is 2.90. The first-order chi connectivity index (χ1) is 10.0. The van der Waals surface area contributed by atoms with E-state index in [2.05, 4.69) is 26.0 Å². The van der Waals surface area contributed by atoms with E-state index in [0.29, 0.717) is 23.4 Å². The molecule has 0 radical (unpaired) electrons. The summed E-state index contributed by atoms with van der Waals surface area (Å²) in [6, 6.07) is 4.77. The molecule has 0 aromatic heterocycles. The van der Waals surface area contributed by atoms with Gasteiger partial charge in [-0.3, -0.25) is 0 Å². The predicted octanol–water partition coefficient (Wildman–Crippen LogP) is 2.05. The highest BCUT2D eigenvalue weighted by Crippen LogP contribution is 2.27. The third-order valence-corrected chi connectivity index (χ3v) is 5.18. The van der Waals surface area contributed by atoms with E-state index >= 15 is 0 Å². The molecule has 2 N–H and O–H groups in total. The molecule has 1 aromatic rings. The lowest BCUT2D eigenvalue weighted by Gasteiger charge is -2.15. The van der Waals surface area contributed by atoms with E-state index in [1.807, 2.05) is 13.0 Å². The summed E-state index contributed by atoms with van der Waals surface area (Å²) in [5.41, 5.74) is 1.11. The lowest BCUT2D eigenvalue weighted by molar-refractivity contribution is 0.338. The molecule has 0 bridgehead atoms. The number of nitrogens with one attached hydrogen (secondary N) is 2. The van der Waals surface area contributed by atoms with E-state index in [9.17, 15) is 8.42 Å². The van der Waals surface area contributed by atoms with Gasteiger partial charge in [-0.2, -0.15) is 0 Å². The van der Waals surface area contributed by atoms with Gasteiger partial charge in [-0.15, -0.1) is 0 Å². The smallest absolute Gasteiger partial charge is 0.240 e. The Morgan fingerprint density at radius 3 is 2.86 bits per heavy atom. The van der Waals surface area contributed by atoms with Crippen LogP contribution in [0.25, 0.3) is 0 Å². The van der Waals surface area contributed by atoms with Gasteiger partial charge in [0.25, 0.3) is 0 Å². The van der Waals surface area contributed by atoms with Crippen LogP contribution in [0.4, 0.5) is 0 Å². The minimum absolute atomic E-state index is 0.229. The van der Waals surface area contributed by atoms with Crippen molar-refractivity contribution < 1.29 is 13.2 Å². The summed E-state index contributed by atoms with van der Waals surface area (Å²) in [6.45, 7) is 4.46. The first-order valence-corrected chi connectivity index (χ1v) is 9.11. The van der Waals surface area contributed by atoms with Crippen LogP contribution in [0.1, 0.15) is 13.3 Å². The normalized spacial score (nSPS) is 15.6. The van der Waals surface area contributed by atoms with Gasteiger partial charge in [-0.05, 0) is 54.0 Å². The molecule has 2 rings (SSSR count). The molecule has 0 saturated heterocycles. The van der Waals surface area contributed by atoms with Gasteiger partial charge in [-0.1, -0.05) is 11.6 Å². The van der Waals surface area contributed by atoms with Gasteiger partial charge < -0.3 is 10.1 Å². The zero-order valence-electron chi connectivity index (χ0n) is 11.9. The summed E-state index contributed by atoms with van der Waals surface area (Å²) in [4.78, 5) is 0.229.